The number of sulfonamides is 1. The Morgan fingerprint density at radius 1 is 1.23 bits per heavy atom. The highest BCUT2D eigenvalue weighted by atomic mass is 32.2. The summed E-state index contributed by atoms with van der Waals surface area (Å²) in [6.07, 6.45) is 8.87. The zero-order valence-electron chi connectivity index (χ0n) is 17.4. The van der Waals surface area contributed by atoms with Crippen molar-refractivity contribution in [3.05, 3.63) is 58.9 Å². The largest absolute Gasteiger partial charge is 0.356 e. The number of H-pyrrole nitrogens is 1. The van der Waals surface area contributed by atoms with Crippen LogP contribution < -0.4 is 10.0 Å². The van der Waals surface area contributed by atoms with E-state index in [0.29, 0.717) is 16.9 Å². The Balaban J connectivity index is 1.99. The lowest BCUT2D eigenvalue weighted by Crippen LogP contribution is -2.40. The van der Waals surface area contributed by atoms with E-state index < -0.39 is 15.6 Å². The Hall–Kier alpha value is -2.89. The van der Waals surface area contributed by atoms with Crippen molar-refractivity contribution < 1.29 is 13.2 Å². The number of carbonyl (C=O) groups excluding carboxylic acids is 1. The third kappa shape index (κ3) is 5.17. The molecule has 1 amide bonds. The molecular weight excluding hydrogens is 400 g/mol. The third-order valence-corrected chi connectivity index (χ3v) is 6.00. The van der Waals surface area contributed by atoms with Crippen molar-refractivity contribution in [1.82, 2.24) is 9.71 Å². The summed E-state index contributed by atoms with van der Waals surface area (Å²) in [6.45, 7) is 3.62. The zero-order valence-corrected chi connectivity index (χ0v) is 18.2. The van der Waals surface area contributed by atoms with Crippen LogP contribution in [0.5, 0.6) is 0 Å². The molecule has 7 nitrogen and oxygen atoms in total. The first-order valence-electron chi connectivity index (χ1n) is 9.82. The van der Waals surface area contributed by atoms with E-state index in [4.69, 9.17) is 5.26 Å². The number of nitriles is 1. The molecule has 158 valence electrons. The molecule has 0 aliphatic heterocycles. The molecule has 1 aliphatic rings. The van der Waals surface area contributed by atoms with Crippen molar-refractivity contribution in [3.63, 3.8) is 0 Å². The Labute approximate surface area is 177 Å². The standard InChI is InChI=1S/C22H26N4O3S/c1-22(2,26-30(3,28)29)17-9-10-19(18(12-17)16-7-5-4-6-8-16)25-21(27)20-11-15(13-23)14-24-20/h7,9-12,14,24,26H,4-6,8H2,1-3H3,(H,25,27). The molecular formula is C22H26N4O3S. The van der Waals surface area contributed by atoms with Gasteiger partial charge in [-0.3, -0.25) is 4.79 Å². The Morgan fingerprint density at radius 2 is 2.00 bits per heavy atom. The number of benzene rings is 1. The van der Waals surface area contributed by atoms with E-state index in [1.54, 1.807) is 6.07 Å². The molecule has 0 saturated heterocycles. The lowest BCUT2D eigenvalue weighted by molar-refractivity contribution is 0.102. The third-order valence-electron chi connectivity index (χ3n) is 5.12. The first-order chi connectivity index (χ1) is 14.1. The van der Waals surface area contributed by atoms with Crippen LogP contribution in [-0.2, 0) is 15.6 Å². The molecule has 0 spiro atoms. The van der Waals surface area contributed by atoms with Crippen molar-refractivity contribution in [1.29, 1.82) is 5.26 Å². The fraction of sp³-hybridized carbons (Fsp3) is 0.364. The van der Waals surface area contributed by atoms with Gasteiger partial charge in [0, 0.05) is 17.4 Å². The monoisotopic (exact) mass is 426 g/mol. The average Bonchev–Trinajstić information content (AvgIpc) is 3.16. The molecule has 3 N–H and O–H groups in total. The summed E-state index contributed by atoms with van der Waals surface area (Å²) in [5.41, 5.74) is 3.37. The molecule has 30 heavy (non-hydrogen) atoms. The van der Waals surface area contributed by atoms with E-state index in [9.17, 15) is 13.2 Å². The second-order valence-electron chi connectivity index (χ2n) is 8.10. The van der Waals surface area contributed by atoms with Gasteiger partial charge in [0.15, 0.2) is 0 Å². The molecule has 0 unspecified atom stereocenters. The minimum Gasteiger partial charge on any atom is -0.356 e. The molecule has 0 saturated carbocycles. The summed E-state index contributed by atoms with van der Waals surface area (Å²) in [4.78, 5) is 15.5. The van der Waals surface area contributed by atoms with Gasteiger partial charge in [-0.2, -0.15) is 5.26 Å². The molecule has 0 fully saturated rings. The molecule has 0 atom stereocenters. The van der Waals surface area contributed by atoms with Crippen LogP contribution in [0, 0.1) is 11.3 Å². The van der Waals surface area contributed by atoms with Gasteiger partial charge in [-0.05, 0) is 68.9 Å². The van der Waals surface area contributed by atoms with E-state index in [1.165, 1.54) is 12.3 Å². The van der Waals surface area contributed by atoms with Crippen molar-refractivity contribution in [2.75, 3.05) is 11.6 Å². The quantitative estimate of drug-likeness (QED) is 0.650. The number of hydrogen-bond donors (Lipinski definition) is 3. The van der Waals surface area contributed by atoms with Gasteiger partial charge in [0.25, 0.3) is 5.91 Å². The second-order valence-corrected chi connectivity index (χ2v) is 9.85. The molecule has 1 aromatic carbocycles. The molecule has 1 aliphatic carbocycles. The van der Waals surface area contributed by atoms with Crippen LogP contribution in [0.4, 0.5) is 5.69 Å². The van der Waals surface area contributed by atoms with Crippen LogP contribution in [-0.4, -0.2) is 25.6 Å². The van der Waals surface area contributed by atoms with E-state index in [0.717, 1.165) is 48.6 Å². The van der Waals surface area contributed by atoms with Gasteiger partial charge in [0.05, 0.1) is 17.4 Å². The van der Waals surface area contributed by atoms with Crippen molar-refractivity contribution >= 4 is 27.2 Å². The van der Waals surface area contributed by atoms with Crippen LogP contribution in [0.2, 0.25) is 0 Å². The average molecular weight is 427 g/mol. The van der Waals surface area contributed by atoms with Crippen LogP contribution in [0.15, 0.2) is 36.5 Å². The Morgan fingerprint density at radius 3 is 2.60 bits per heavy atom. The summed E-state index contributed by atoms with van der Waals surface area (Å²) in [7, 11) is -3.40. The lowest BCUT2D eigenvalue weighted by Gasteiger charge is -2.27. The number of nitrogens with one attached hydrogen (secondary N) is 3. The summed E-state index contributed by atoms with van der Waals surface area (Å²) < 4.78 is 26.3. The van der Waals surface area contributed by atoms with E-state index in [-0.39, 0.29) is 5.91 Å². The van der Waals surface area contributed by atoms with Crippen molar-refractivity contribution in [2.24, 2.45) is 0 Å². The predicted molar refractivity (Wildman–Crippen MR) is 117 cm³/mol. The molecule has 2 aromatic rings. The molecule has 1 aromatic heterocycles. The summed E-state index contributed by atoms with van der Waals surface area (Å²) in [6, 6.07) is 9.06. The van der Waals surface area contributed by atoms with Gasteiger partial charge in [-0.1, -0.05) is 12.1 Å². The summed E-state index contributed by atoms with van der Waals surface area (Å²) >= 11 is 0. The van der Waals surface area contributed by atoms with E-state index >= 15 is 0 Å². The number of carbonyl (C=O) groups is 1. The molecule has 8 heteroatoms. The normalized spacial score (nSPS) is 14.7. The van der Waals surface area contributed by atoms with Crippen LogP contribution in [0.25, 0.3) is 5.57 Å². The number of allylic oxidation sites excluding steroid dienone is 2. The lowest BCUT2D eigenvalue weighted by atomic mass is 9.87. The van der Waals surface area contributed by atoms with Crippen molar-refractivity contribution in [2.45, 2.75) is 45.1 Å². The number of anilines is 1. The Kier molecular flexibility index (Phi) is 6.15. The van der Waals surface area contributed by atoms with Gasteiger partial charge in [-0.15, -0.1) is 0 Å². The summed E-state index contributed by atoms with van der Waals surface area (Å²) in [5.74, 6) is -0.338. The second kappa shape index (κ2) is 8.46. The zero-order chi connectivity index (χ0) is 21.9. The van der Waals surface area contributed by atoms with Gasteiger partial charge >= 0.3 is 0 Å². The maximum atomic E-state index is 12.7. The van der Waals surface area contributed by atoms with Crippen LogP contribution in [0.3, 0.4) is 0 Å². The number of hydrogen-bond acceptors (Lipinski definition) is 4. The Bertz CT molecular complexity index is 1140. The van der Waals surface area contributed by atoms with Gasteiger partial charge in [0.1, 0.15) is 11.8 Å². The SMILES string of the molecule is CC(C)(NS(C)(=O)=O)c1ccc(NC(=O)c2cc(C#N)c[nH]2)c(C2=CCCCC2)c1. The van der Waals surface area contributed by atoms with Crippen LogP contribution in [0.1, 0.15) is 66.7 Å². The minimum atomic E-state index is -3.40. The molecule has 1 heterocycles. The molecule has 0 bridgehead atoms. The summed E-state index contributed by atoms with van der Waals surface area (Å²) in [5, 5.41) is 11.9. The molecule has 3 rings (SSSR count). The highest BCUT2D eigenvalue weighted by Gasteiger charge is 2.26. The fourth-order valence-electron chi connectivity index (χ4n) is 3.69. The number of rotatable bonds is 6. The number of aromatic nitrogens is 1. The molecule has 0 radical (unpaired) electrons. The van der Waals surface area contributed by atoms with E-state index in [2.05, 4.69) is 21.1 Å². The fourth-order valence-corrected chi connectivity index (χ4v) is 4.74. The smallest absolute Gasteiger partial charge is 0.272 e. The predicted octanol–water partition coefficient (Wildman–Crippen LogP) is 3.88. The van der Waals surface area contributed by atoms with E-state index in [1.807, 2.05) is 32.0 Å². The maximum absolute atomic E-state index is 12.7. The van der Waals surface area contributed by atoms with Gasteiger partial charge in [-0.25, -0.2) is 13.1 Å². The van der Waals surface area contributed by atoms with Gasteiger partial charge < -0.3 is 10.3 Å². The van der Waals surface area contributed by atoms with Crippen molar-refractivity contribution in [3.8, 4) is 6.07 Å². The first-order valence-corrected chi connectivity index (χ1v) is 11.7. The maximum Gasteiger partial charge on any atom is 0.272 e. The van der Waals surface area contributed by atoms with Gasteiger partial charge in [0.2, 0.25) is 10.0 Å². The highest BCUT2D eigenvalue weighted by molar-refractivity contribution is 7.88. The topological polar surface area (TPSA) is 115 Å². The van der Waals surface area contributed by atoms with Crippen LogP contribution >= 0.6 is 0 Å². The number of aromatic amines is 1. The highest BCUT2D eigenvalue weighted by Crippen LogP contribution is 2.35. The number of amides is 1. The number of nitrogens with zero attached hydrogens (tertiary/aromatic N) is 1. The minimum absolute atomic E-state index is 0.304. The first kappa shape index (κ1) is 21.8.